The highest BCUT2D eigenvalue weighted by Crippen LogP contribution is 2.41. The number of carbonyl (C=O) groups is 1. The molecule has 1 aromatic carbocycles. The van der Waals surface area contributed by atoms with Crippen molar-refractivity contribution in [3.05, 3.63) is 35.9 Å². The summed E-state index contributed by atoms with van der Waals surface area (Å²) in [7, 11) is 0. The van der Waals surface area contributed by atoms with Gasteiger partial charge in [-0.15, -0.1) is 0 Å². The predicted octanol–water partition coefficient (Wildman–Crippen LogP) is 2.00. The van der Waals surface area contributed by atoms with Crippen molar-refractivity contribution >= 4 is 5.91 Å². The SMILES string of the molecule is CC(O)CNC(=O)C1(c2ccccc2)CCCC1. The van der Waals surface area contributed by atoms with Crippen molar-refractivity contribution in [2.24, 2.45) is 0 Å². The molecular weight excluding hydrogens is 226 g/mol. The van der Waals surface area contributed by atoms with Crippen LogP contribution in [0.2, 0.25) is 0 Å². The fourth-order valence-electron chi connectivity index (χ4n) is 2.79. The van der Waals surface area contributed by atoms with Gasteiger partial charge >= 0.3 is 0 Å². The molecule has 1 amide bonds. The number of nitrogens with one attached hydrogen (secondary N) is 1. The van der Waals surface area contributed by atoms with Gasteiger partial charge in [-0.05, 0) is 25.3 Å². The average molecular weight is 247 g/mol. The highest BCUT2D eigenvalue weighted by atomic mass is 16.3. The maximum Gasteiger partial charge on any atom is 0.230 e. The predicted molar refractivity (Wildman–Crippen MR) is 71.3 cm³/mol. The molecule has 3 nitrogen and oxygen atoms in total. The summed E-state index contributed by atoms with van der Waals surface area (Å²) in [6.45, 7) is 2.01. The van der Waals surface area contributed by atoms with E-state index in [0.29, 0.717) is 6.54 Å². The van der Waals surface area contributed by atoms with E-state index in [0.717, 1.165) is 31.2 Å². The van der Waals surface area contributed by atoms with Gasteiger partial charge in [0.15, 0.2) is 0 Å². The molecule has 0 heterocycles. The summed E-state index contributed by atoms with van der Waals surface area (Å²) in [6, 6.07) is 10.0. The minimum atomic E-state index is -0.497. The maximum absolute atomic E-state index is 12.4. The van der Waals surface area contributed by atoms with Gasteiger partial charge in [0.05, 0.1) is 11.5 Å². The van der Waals surface area contributed by atoms with Crippen molar-refractivity contribution in [3.63, 3.8) is 0 Å². The Morgan fingerprint density at radius 3 is 2.50 bits per heavy atom. The zero-order chi connectivity index (χ0) is 13.0. The second-order valence-corrected chi connectivity index (χ2v) is 5.21. The summed E-state index contributed by atoms with van der Waals surface area (Å²) in [5.74, 6) is 0.0621. The summed E-state index contributed by atoms with van der Waals surface area (Å²) in [6.07, 6.45) is 3.50. The Balaban J connectivity index is 2.19. The van der Waals surface area contributed by atoms with Gasteiger partial charge in [-0.25, -0.2) is 0 Å². The molecule has 1 aliphatic rings. The van der Waals surface area contributed by atoms with E-state index in [1.54, 1.807) is 6.92 Å². The summed E-state index contributed by atoms with van der Waals surface area (Å²) < 4.78 is 0. The van der Waals surface area contributed by atoms with Crippen LogP contribution in [-0.4, -0.2) is 23.7 Å². The number of hydrogen-bond donors (Lipinski definition) is 2. The molecule has 0 saturated heterocycles. The first-order chi connectivity index (χ1) is 8.65. The lowest BCUT2D eigenvalue weighted by Crippen LogP contribution is -2.44. The van der Waals surface area contributed by atoms with Crippen LogP contribution in [0, 0.1) is 0 Å². The van der Waals surface area contributed by atoms with Crippen LogP contribution < -0.4 is 5.32 Å². The fourth-order valence-corrected chi connectivity index (χ4v) is 2.79. The summed E-state index contributed by atoms with van der Waals surface area (Å²) in [5, 5.41) is 12.2. The lowest BCUT2D eigenvalue weighted by Gasteiger charge is -2.28. The molecule has 0 radical (unpaired) electrons. The first kappa shape index (κ1) is 13.1. The quantitative estimate of drug-likeness (QED) is 0.855. The molecule has 1 atom stereocenters. The monoisotopic (exact) mass is 247 g/mol. The molecule has 1 aromatic rings. The molecule has 3 heteroatoms. The standard InChI is InChI=1S/C15H21NO2/c1-12(17)11-16-14(18)15(9-5-6-10-15)13-7-3-2-4-8-13/h2-4,7-8,12,17H,5-6,9-11H2,1H3,(H,16,18). The number of carbonyl (C=O) groups excluding carboxylic acids is 1. The lowest BCUT2D eigenvalue weighted by atomic mass is 9.78. The van der Waals surface area contributed by atoms with Crippen LogP contribution in [-0.2, 0) is 10.2 Å². The molecule has 0 aromatic heterocycles. The molecule has 0 spiro atoms. The molecule has 1 saturated carbocycles. The van der Waals surface area contributed by atoms with E-state index in [4.69, 9.17) is 0 Å². The van der Waals surface area contributed by atoms with Crippen molar-refractivity contribution in [3.8, 4) is 0 Å². The van der Waals surface area contributed by atoms with Crippen LogP contribution in [0.3, 0.4) is 0 Å². The molecule has 98 valence electrons. The molecule has 2 N–H and O–H groups in total. The van der Waals surface area contributed by atoms with Crippen molar-refractivity contribution in [1.29, 1.82) is 0 Å². The van der Waals surface area contributed by atoms with Gasteiger partial charge in [0.25, 0.3) is 0 Å². The second-order valence-electron chi connectivity index (χ2n) is 5.21. The van der Waals surface area contributed by atoms with Crippen LogP contribution in [0.4, 0.5) is 0 Å². The maximum atomic E-state index is 12.4. The Morgan fingerprint density at radius 2 is 1.94 bits per heavy atom. The van der Waals surface area contributed by atoms with Gasteiger partial charge in [-0.1, -0.05) is 43.2 Å². The normalized spacial score (nSPS) is 19.4. The third-order valence-electron chi connectivity index (χ3n) is 3.78. The lowest BCUT2D eigenvalue weighted by molar-refractivity contribution is -0.127. The summed E-state index contributed by atoms with van der Waals surface area (Å²) in [5.41, 5.74) is 0.724. The zero-order valence-corrected chi connectivity index (χ0v) is 10.9. The highest BCUT2D eigenvalue weighted by Gasteiger charge is 2.42. The van der Waals surface area contributed by atoms with E-state index < -0.39 is 6.10 Å². The Labute approximate surface area is 108 Å². The fraction of sp³-hybridized carbons (Fsp3) is 0.533. The van der Waals surface area contributed by atoms with Crippen molar-refractivity contribution in [2.45, 2.75) is 44.1 Å². The molecule has 0 aliphatic heterocycles. The van der Waals surface area contributed by atoms with E-state index >= 15 is 0 Å². The van der Waals surface area contributed by atoms with Gasteiger partial charge in [-0.2, -0.15) is 0 Å². The molecule has 2 rings (SSSR count). The van der Waals surface area contributed by atoms with Crippen LogP contribution in [0.15, 0.2) is 30.3 Å². The average Bonchev–Trinajstić information content (AvgIpc) is 2.87. The van der Waals surface area contributed by atoms with Gasteiger partial charge < -0.3 is 10.4 Å². The van der Waals surface area contributed by atoms with Crippen molar-refractivity contribution in [1.82, 2.24) is 5.32 Å². The zero-order valence-electron chi connectivity index (χ0n) is 10.9. The first-order valence-electron chi connectivity index (χ1n) is 6.67. The van der Waals surface area contributed by atoms with Crippen molar-refractivity contribution < 1.29 is 9.90 Å². The van der Waals surface area contributed by atoms with E-state index in [1.165, 1.54) is 0 Å². The van der Waals surface area contributed by atoms with Crippen LogP contribution in [0.25, 0.3) is 0 Å². The Hall–Kier alpha value is -1.35. The molecule has 1 unspecified atom stereocenters. The molecule has 0 bridgehead atoms. The van der Waals surface area contributed by atoms with Gasteiger partial charge in [-0.3, -0.25) is 4.79 Å². The highest BCUT2D eigenvalue weighted by molar-refractivity contribution is 5.88. The number of amides is 1. The van der Waals surface area contributed by atoms with Gasteiger partial charge in [0, 0.05) is 6.54 Å². The largest absolute Gasteiger partial charge is 0.392 e. The van der Waals surface area contributed by atoms with Gasteiger partial charge in [0.2, 0.25) is 5.91 Å². The topological polar surface area (TPSA) is 49.3 Å². The number of aliphatic hydroxyl groups excluding tert-OH is 1. The first-order valence-corrected chi connectivity index (χ1v) is 6.67. The van der Waals surface area contributed by atoms with Crippen LogP contribution >= 0.6 is 0 Å². The smallest absolute Gasteiger partial charge is 0.230 e. The van der Waals surface area contributed by atoms with E-state index in [1.807, 2.05) is 30.3 Å². The minimum absolute atomic E-state index is 0.0621. The Bertz CT molecular complexity index is 394. The Morgan fingerprint density at radius 1 is 1.33 bits per heavy atom. The van der Waals surface area contributed by atoms with Crippen molar-refractivity contribution in [2.75, 3.05) is 6.54 Å². The minimum Gasteiger partial charge on any atom is -0.392 e. The number of rotatable bonds is 4. The van der Waals surface area contributed by atoms with E-state index in [-0.39, 0.29) is 11.3 Å². The van der Waals surface area contributed by atoms with E-state index in [2.05, 4.69) is 5.32 Å². The molecule has 18 heavy (non-hydrogen) atoms. The number of hydrogen-bond acceptors (Lipinski definition) is 2. The Kier molecular flexibility index (Phi) is 4.02. The number of benzene rings is 1. The molecular formula is C15H21NO2. The summed E-state index contributed by atoms with van der Waals surface area (Å²) >= 11 is 0. The van der Waals surface area contributed by atoms with Crippen LogP contribution in [0.1, 0.15) is 38.2 Å². The van der Waals surface area contributed by atoms with Gasteiger partial charge in [0.1, 0.15) is 0 Å². The molecule has 1 fully saturated rings. The second kappa shape index (κ2) is 5.53. The number of aliphatic hydroxyl groups is 1. The molecule has 1 aliphatic carbocycles. The van der Waals surface area contributed by atoms with E-state index in [9.17, 15) is 9.90 Å². The third-order valence-corrected chi connectivity index (χ3v) is 3.78. The third kappa shape index (κ3) is 2.56. The van der Waals surface area contributed by atoms with Crippen LogP contribution in [0.5, 0.6) is 0 Å². The summed E-state index contributed by atoms with van der Waals surface area (Å²) in [4.78, 5) is 12.4.